The molecule has 3 atom stereocenters. The molecule has 0 bridgehead atoms. The fourth-order valence-electron chi connectivity index (χ4n) is 5.44. The highest BCUT2D eigenvalue weighted by Gasteiger charge is 2.46. The summed E-state index contributed by atoms with van der Waals surface area (Å²) in [5.41, 5.74) is 2.15. The molecular formula is C25H23ClFN3O5. The van der Waals surface area contributed by atoms with Crippen LogP contribution in [0, 0.1) is 5.82 Å². The van der Waals surface area contributed by atoms with Crippen molar-refractivity contribution in [2.24, 2.45) is 0 Å². The minimum Gasteiger partial charge on any atom is -0.496 e. The van der Waals surface area contributed by atoms with Crippen LogP contribution >= 0.6 is 11.6 Å². The maximum atomic E-state index is 14.6. The van der Waals surface area contributed by atoms with E-state index in [4.69, 9.17) is 16.3 Å². The predicted octanol–water partition coefficient (Wildman–Crippen LogP) is 3.53. The van der Waals surface area contributed by atoms with Crippen LogP contribution in [-0.4, -0.2) is 46.6 Å². The molecule has 2 aromatic carbocycles. The van der Waals surface area contributed by atoms with Gasteiger partial charge in [-0.1, -0.05) is 17.7 Å². The van der Waals surface area contributed by atoms with E-state index < -0.39 is 23.8 Å². The fraction of sp³-hybridized carbons (Fsp3) is 0.360. The molecule has 3 aliphatic rings. The number of fused-ring (bicyclic) bond motifs is 2. The van der Waals surface area contributed by atoms with Crippen LogP contribution in [0.25, 0.3) is 0 Å². The first-order valence-corrected chi connectivity index (χ1v) is 11.7. The van der Waals surface area contributed by atoms with E-state index in [1.807, 2.05) is 6.92 Å². The summed E-state index contributed by atoms with van der Waals surface area (Å²) in [4.78, 5) is 53.9. The lowest BCUT2D eigenvalue weighted by Gasteiger charge is -2.33. The Morgan fingerprint density at radius 3 is 2.57 bits per heavy atom. The summed E-state index contributed by atoms with van der Waals surface area (Å²) in [5, 5.41) is 2.29. The van der Waals surface area contributed by atoms with Crippen molar-refractivity contribution in [1.29, 1.82) is 0 Å². The smallest absolute Gasteiger partial charge is 0.258 e. The second-order valence-corrected chi connectivity index (χ2v) is 9.41. The summed E-state index contributed by atoms with van der Waals surface area (Å²) in [6, 6.07) is 4.53. The van der Waals surface area contributed by atoms with E-state index in [9.17, 15) is 23.6 Å². The van der Waals surface area contributed by atoms with Crippen LogP contribution < -0.4 is 10.1 Å². The molecule has 1 fully saturated rings. The highest BCUT2D eigenvalue weighted by molar-refractivity contribution is 6.30. The van der Waals surface area contributed by atoms with Gasteiger partial charge in [0.2, 0.25) is 11.8 Å². The molecule has 0 aliphatic carbocycles. The van der Waals surface area contributed by atoms with Crippen molar-refractivity contribution in [1.82, 2.24) is 15.1 Å². The molecule has 1 saturated heterocycles. The Bertz CT molecular complexity index is 1310. The summed E-state index contributed by atoms with van der Waals surface area (Å²) in [5.74, 6) is -1.92. The Labute approximate surface area is 206 Å². The lowest BCUT2D eigenvalue weighted by molar-refractivity contribution is -0.137. The molecule has 5 rings (SSSR count). The van der Waals surface area contributed by atoms with Crippen LogP contribution in [0.3, 0.4) is 0 Å². The molecule has 0 spiro atoms. The molecule has 0 saturated carbocycles. The molecule has 10 heteroatoms. The van der Waals surface area contributed by atoms with Gasteiger partial charge in [-0.25, -0.2) is 4.39 Å². The number of imide groups is 1. The van der Waals surface area contributed by atoms with E-state index in [1.165, 1.54) is 29.0 Å². The van der Waals surface area contributed by atoms with Gasteiger partial charge in [-0.15, -0.1) is 0 Å². The molecule has 1 N–H and O–H groups in total. The highest BCUT2D eigenvalue weighted by Crippen LogP contribution is 2.45. The van der Waals surface area contributed by atoms with Crippen LogP contribution in [0.2, 0.25) is 5.02 Å². The molecular weight excluding hydrogens is 477 g/mol. The number of carbonyl (C=O) groups excluding carboxylic acids is 4. The van der Waals surface area contributed by atoms with Crippen molar-refractivity contribution in [2.45, 2.75) is 51.4 Å². The number of hydrogen-bond donors (Lipinski definition) is 1. The zero-order valence-electron chi connectivity index (χ0n) is 19.4. The van der Waals surface area contributed by atoms with Crippen molar-refractivity contribution in [3.05, 3.63) is 62.9 Å². The monoisotopic (exact) mass is 499 g/mol. The number of halogens is 2. The number of nitrogens with one attached hydrogen (secondary N) is 1. The standard InChI is InChI=1S/C25H23ClFN3O5/c1-11-13-6-7-17(26)21(27)16(13)10-29(11)24(33)15-5-4-14-20(22(15)35-3)12(2)30(25(14)34)18-8-9-19(31)28-23(18)32/h4-7,11-12,18H,8-10H2,1-3H3,(H,28,31,32)/t11-,12+,18-/m0/s1. The van der Waals surface area contributed by atoms with Crippen LogP contribution in [0.4, 0.5) is 4.39 Å². The number of amides is 4. The van der Waals surface area contributed by atoms with Gasteiger partial charge < -0.3 is 14.5 Å². The Morgan fingerprint density at radius 2 is 1.89 bits per heavy atom. The first kappa shape index (κ1) is 23.3. The van der Waals surface area contributed by atoms with E-state index in [-0.39, 0.29) is 59.5 Å². The minimum atomic E-state index is -0.799. The molecule has 35 heavy (non-hydrogen) atoms. The molecule has 0 radical (unpaired) electrons. The second-order valence-electron chi connectivity index (χ2n) is 9.00. The molecule has 0 aromatic heterocycles. The van der Waals surface area contributed by atoms with Gasteiger partial charge in [-0.3, -0.25) is 24.5 Å². The minimum absolute atomic E-state index is 0.00115. The topological polar surface area (TPSA) is 96.0 Å². The lowest BCUT2D eigenvalue weighted by Crippen LogP contribution is -2.53. The van der Waals surface area contributed by atoms with Gasteiger partial charge in [-0.2, -0.15) is 0 Å². The third-order valence-electron chi connectivity index (χ3n) is 7.22. The number of hydrogen-bond acceptors (Lipinski definition) is 5. The Balaban J connectivity index is 1.50. The first-order chi connectivity index (χ1) is 16.6. The molecule has 3 aliphatic heterocycles. The predicted molar refractivity (Wildman–Crippen MR) is 123 cm³/mol. The van der Waals surface area contributed by atoms with Gasteiger partial charge in [0.15, 0.2) is 0 Å². The third kappa shape index (κ3) is 3.40. The van der Waals surface area contributed by atoms with E-state index in [0.717, 1.165) is 0 Å². The molecule has 4 amide bonds. The van der Waals surface area contributed by atoms with Gasteiger partial charge in [0, 0.05) is 29.7 Å². The Morgan fingerprint density at radius 1 is 1.14 bits per heavy atom. The number of benzene rings is 2. The zero-order chi connectivity index (χ0) is 25.2. The quantitative estimate of drug-likeness (QED) is 0.652. The molecule has 0 unspecified atom stereocenters. The van der Waals surface area contributed by atoms with Gasteiger partial charge in [0.05, 0.1) is 29.8 Å². The van der Waals surface area contributed by atoms with Crippen molar-refractivity contribution in [2.75, 3.05) is 7.11 Å². The van der Waals surface area contributed by atoms with Crippen LogP contribution in [0.15, 0.2) is 24.3 Å². The van der Waals surface area contributed by atoms with E-state index >= 15 is 0 Å². The van der Waals surface area contributed by atoms with Gasteiger partial charge >= 0.3 is 0 Å². The summed E-state index contributed by atoms with van der Waals surface area (Å²) >= 11 is 5.94. The van der Waals surface area contributed by atoms with Gasteiger partial charge in [0.25, 0.3) is 11.8 Å². The average molecular weight is 500 g/mol. The van der Waals surface area contributed by atoms with Crippen LogP contribution in [-0.2, 0) is 16.1 Å². The SMILES string of the molecule is COc1c(C(=O)N2Cc3c(ccc(Cl)c3F)[C@@H]2C)ccc2c1[C@@H](C)N([C@H]1CCC(=O)NC1=O)C2=O. The number of carbonyl (C=O) groups is 4. The fourth-order valence-corrected chi connectivity index (χ4v) is 5.62. The molecule has 8 nitrogen and oxygen atoms in total. The number of ether oxygens (including phenoxy) is 1. The number of piperidine rings is 1. The van der Waals surface area contributed by atoms with Crippen LogP contribution in [0.1, 0.15) is 76.2 Å². The van der Waals surface area contributed by atoms with Crippen molar-refractivity contribution in [3.8, 4) is 5.75 Å². The van der Waals surface area contributed by atoms with Gasteiger partial charge in [-0.05, 0) is 44.0 Å². The maximum absolute atomic E-state index is 14.6. The Hall–Kier alpha value is -3.46. The molecule has 182 valence electrons. The second kappa shape index (κ2) is 8.34. The molecule has 2 aromatic rings. The number of methoxy groups -OCH3 is 1. The van der Waals surface area contributed by atoms with E-state index in [2.05, 4.69) is 5.32 Å². The summed E-state index contributed by atoms with van der Waals surface area (Å²) in [6.07, 6.45) is 0.360. The van der Waals surface area contributed by atoms with Crippen molar-refractivity contribution >= 4 is 35.2 Å². The number of rotatable bonds is 3. The largest absolute Gasteiger partial charge is 0.496 e. The highest BCUT2D eigenvalue weighted by atomic mass is 35.5. The lowest BCUT2D eigenvalue weighted by atomic mass is 9.98. The maximum Gasteiger partial charge on any atom is 0.258 e. The Kier molecular flexibility index (Phi) is 5.55. The summed E-state index contributed by atoms with van der Waals surface area (Å²) < 4.78 is 20.3. The zero-order valence-corrected chi connectivity index (χ0v) is 20.1. The van der Waals surface area contributed by atoms with Crippen LogP contribution in [0.5, 0.6) is 5.75 Å². The van der Waals surface area contributed by atoms with E-state index in [0.29, 0.717) is 22.3 Å². The van der Waals surface area contributed by atoms with Gasteiger partial charge in [0.1, 0.15) is 17.6 Å². The van der Waals surface area contributed by atoms with Crippen molar-refractivity contribution < 1.29 is 28.3 Å². The summed E-state index contributed by atoms with van der Waals surface area (Å²) in [7, 11) is 1.42. The third-order valence-corrected chi connectivity index (χ3v) is 7.51. The number of nitrogens with zero attached hydrogens (tertiary/aromatic N) is 2. The first-order valence-electron chi connectivity index (χ1n) is 11.3. The molecule has 3 heterocycles. The summed E-state index contributed by atoms with van der Waals surface area (Å²) in [6.45, 7) is 3.63. The average Bonchev–Trinajstić information content (AvgIpc) is 3.30. The normalized spacial score (nSPS) is 23.3. The van der Waals surface area contributed by atoms with Crippen molar-refractivity contribution in [3.63, 3.8) is 0 Å². The van der Waals surface area contributed by atoms with E-state index in [1.54, 1.807) is 19.1 Å².